The van der Waals surface area contributed by atoms with Gasteiger partial charge < -0.3 is 19.5 Å². The molecular weight excluding hydrogens is 498 g/mol. The van der Waals surface area contributed by atoms with Gasteiger partial charge in [0.2, 0.25) is 5.88 Å². The molecule has 1 saturated carbocycles. The molecule has 1 aliphatic rings. The lowest BCUT2D eigenvalue weighted by molar-refractivity contribution is -0.0243. The van der Waals surface area contributed by atoms with Crippen molar-refractivity contribution in [3.05, 3.63) is 83.6 Å². The SMILES string of the molecule is CC(C)(C)NC(=O)OC1CC(Oc2ccc(C(C)(C)c3ccc(Oc4cccc(C(=O)NO)n4)cc3)cc2)C1. The van der Waals surface area contributed by atoms with Gasteiger partial charge >= 0.3 is 6.09 Å². The van der Waals surface area contributed by atoms with E-state index in [0.29, 0.717) is 18.6 Å². The van der Waals surface area contributed by atoms with Gasteiger partial charge in [0.05, 0.1) is 0 Å². The lowest BCUT2D eigenvalue weighted by Gasteiger charge is -2.35. The van der Waals surface area contributed by atoms with Gasteiger partial charge in [-0.05, 0) is 62.2 Å². The Bertz CT molecular complexity index is 1290. The maximum Gasteiger partial charge on any atom is 0.407 e. The fourth-order valence-corrected chi connectivity index (χ4v) is 4.22. The molecule has 2 amide bonds. The number of hydrogen-bond acceptors (Lipinski definition) is 7. The van der Waals surface area contributed by atoms with Crippen molar-refractivity contribution >= 4 is 12.0 Å². The number of nitrogens with one attached hydrogen (secondary N) is 2. The highest BCUT2D eigenvalue weighted by Crippen LogP contribution is 2.35. The number of aromatic nitrogens is 1. The van der Waals surface area contributed by atoms with Gasteiger partial charge in [-0.1, -0.05) is 44.2 Å². The quantitative estimate of drug-likeness (QED) is 0.249. The average Bonchev–Trinajstić information content (AvgIpc) is 2.86. The van der Waals surface area contributed by atoms with Crippen LogP contribution in [0.25, 0.3) is 0 Å². The maximum atomic E-state index is 11.9. The van der Waals surface area contributed by atoms with Crippen LogP contribution in [0.1, 0.15) is 69.1 Å². The lowest BCUT2D eigenvalue weighted by Crippen LogP contribution is -2.46. The minimum Gasteiger partial charge on any atom is -0.490 e. The second kappa shape index (κ2) is 11.3. The molecule has 39 heavy (non-hydrogen) atoms. The summed E-state index contributed by atoms with van der Waals surface area (Å²) in [6.45, 7) is 10.0. The molecule has 1 aliphatic carbocycles. The Labute approximate surface area is 228 Å². The predicted octanol–water partition coefficient (Wildman–Crippen LogP) is 5.75. The van der Waals surface area contributed by atoms with Crippen LogP contribution in [-0.4, -0.2) is 39.9 Å². The van der Waals surface area contributed by atoms with Gasteiger partial charge in [0.15, 0.2) is 0 Å². The average molecular weight is 534 g/mol. The summed E-state index contributed by atoms with van der Waals surface area (Å²) in [5, 5.41) is 11.6. The highest BCUT2D eigenvalue weighted by atomic mass is 16.6. The monoisotopic (exact) mass is 533 g/mol. The van der Waals surface area contributed by atoms with Gasteiger partial charge in [-0.2, -0.15) is 0 Å². The van der Waals surface area contributed by atoms with Crippen LogP contribution in [0.5, 0.6) is 17.4 Å². The fourth-order valence-electron chi connectivity index (χ4n) is 4.22. The zero-order valence-electron chi connectivity index (χ0n) is 22.9. The molecule has 9 heteroatoms. The van der Waals surface area contributed by atoms with Gasteiger partial charge in [0, 0.05) is 29.9 Å². The number of benzene rings is 2. The molecule has 4 rings (SSSR count). The van der Waals surface area contributed by atoms with Crippen LogP contribution in [-0.2, 0) is 10.2 Å². The molecule has 0 radical (unpaired) electrons. The molecule has 3 N–H and O–H groups in total. The molecule has 0 saturated heterocycles. The van der Waals surface area contributed by atoms with E-state index in [4.69, 9.17) is 19.4 Å². The summed E-state index contributed by atoms with van der Waals surface area (Å²) in [5.41, 5.74) is 3.23. The molecule has 3 aromatic rings. The fraction of sp³-hybridized carbons (Fsp3) is 0.367. The zero-order chi connectivity index (χ0) is 28.2. The first-order valence-electron chi connectivity index (χ1n) is 12.9. The van der Waals surface area contributed by atoms with E-state index < -0.39 is 12.0 Å². The summed E-state index contributed by atoms with van der Waals surface area (Å²) >= 11 is 0. The molecule has 0 unspecified atom stereocenters. The number of carbonyl (C=O) groups is 2. The zero-order valence-corrected chi connectivity index (χ0v) is 22.9. The molecule has 206 valence electrons. The van der Waals surface area contributed by atoms with E-state index in [-0.39, 0.29) is 34.7 Å². The Morgan fingerprint density at radius 3 is 2.00 bits per heavy atom. The van der Waals surface area contributed by atoms with Crippen molar-refractivity contribution < 1.29 is 29.0 Å². The van der Waals surface area contributed by atoms with E-state index in [0.717, 1.165) is 16.9 Å². The van der Waals surface area contributed by atoms with E-state index in [9.17, 15) is 9.59 Å². The molecule has 0 spiro atoms. The maximum absolute atomic E-state index is 11.9. The van der Waals surface area contributed by atoms with Crippen LogP contribution in [0.3, 0.4) is 0 Å². The van der Waals surface area contributed by atoms with Crippen molar-refractivity contribution in [1.82, 2.24) is 15.8 Å². The van der Waals surface area contributed by atoms with E-state index in [1.54, 1.807) is 17.6 Å². The topological polar surface area (TPSA) is 119 Å². The Hall–Kier alpha value is -4.11. The van der Waals surface area contributed by atoms with E-state index in [2.05, 4.69) is 36.3 Å². The number of nitrogens with zero attached hydrogens (tertiary/aromatic N) is 1. The summed E-state index contributed by atoms with van der Waals surface area (Å²) in [4.78, 5) is 27.6. The van der Waals surface area contributed by atoms with Crippen LogP contribution in [0.2, 0.25) is 0 Å². The van der Waals surface area contributed by atoms with Crippen molar-refractivity contribution in [3.63, 3.8) is 0 Å². The molecule has 1 fully saturated rings. The van der Waals surface area contributed by atoms with E-state index in [1.807, 2.05) is 57.2 Å². The number of amides is 2. The normalized spacial score (nSPS) is 17.0. The number of rotatable bonds is 8. The summed E-state index contributed by atoms with van der Waals surface area (Å²) in [6, 6.07) is 20.5. The van der Waals surface area contributed by atoms with Gasteiger partial charge in [-0.15, -0.1) is 0 Å². The van der Waals surface area contributed by atoms with Gasteiger partial charge in [0.25, 0.3) is 5.91 Å². The third kappa shape index (κ3) is 7.26. The van der Waals surface area contributed by atoms with Crippen molar-refractivity contribution in [2.75, 3.05) is 0 Å². The molecule has 0 bridgehead atoms. The molecule has 1 aromatic heterocycles. The Morgan fingerprint density at radius 1 is 0.846 bits per heavy atom. The number of ether oxygens (including phenoxy) is 3. The summed E-state index contributed by atoms with van der Waals surface area (Å²) < 4.78 is 17.3. The minimum atomic E-state index is -0.708. The smallest absolute Gasteiger partial charge is 0.407 e. The van der Waals surface area contributed by atoms with Crippen molar-refractivity contribution in [1.29, 1.82) is 0 Å². The van der Waals surface area contributed by atoms with Crippen molar-refractivity contribution in [2.45, 2.75) is 70.6 Å². The molecule has 2 aromatic carbocycles. The van der Waals surface area contributed by atoms with E-state index in [1.165, 1.54) is 6.07 Å². The first-order chi connectivity index (χ1) is 18.4. The highest BCUT2D eigenvalue weighted by Gasteiger charge is 2.34. The molecule has 0 atom stereocenters. The Kier molecular flexibility index (Phi) is 8.11. The van der Waals surface area contributed by atoms with Crippen molar-refractivity contribution in [3.8, 4) is 17.4 Å². The van der Waals surface area contributed by atoms with Gasteiger partial charge in [-0.25, -0.2) is 15.3 Å². The third-order valence-electron chi connectivity index (χ3n) is 6.54. The van der Waals surface area contributed by atoms with Gasteiger partial charge in [0.1, 0.15) is 29.4 Å². The number of carbonyl (C=O) groups excluding carboxylic acids is 2. The second-order valence-corrected chi connectivity index (χ2v) is 11.2. The number of hydroxylamine groups is 1. The first-order valence-corrected chi connectivity index (χ1v) is 12.9. The third-order valence-corrected chi connectivity index (χ3v) is 6.54. The highest BCUT2D eigenvalue weighted by molar-refractivity contribution is 5.91. The lowest BCUT2D eigenvalue weighted by atomic mass is 9.78. The number of alkyl carbamates (subject to hydrolysis) is 1. The van der Waals surface area contributed by atoms with Crippen molar-refractivity contribution in [2.24, 2.45) is 0 Å². The molecular formula is C30H35N3O6. The summed E-state index contributed by atoms with van der Waals surface area (Å²) in [6.07, 6.45) is 0.857. The minimum absolute atomic E-state index is 0.0250. The molecule has 0 aliphatic heterocycles. The molecule has 1 heterocycles. The Morgan fingerprint density at radius 2 is 1.44 bits per heavy atom. The number of hydrogen-bond donors (Lipinski definition) is 3. The Balaban J connectivity index is 1.31. The standard InChI is InChI=1S/C30H35N3O6/c1-29(2,3)32-28(35)39-24-17-23(18-24)37-21-13-9-19(10-14-21)30(4,5)20-11-15-22(16-12-20)38-26-8-6-7-25(31-26)27(34)33-36/h6-16,23-24,36H,17-18H2,1-5H3,(H,32,35)(H,33,34). The van der Waals surface area contributed by atoms with Crippen LogP contribution in [0.4, 0.5) is 4.79 Å². The molecule has 9 nitrogen and oxygen atoms in total. The second-order valence-electron chi connectivity index (χ2n) is 11.2. The number of pyridine rings is 1. The van der Waals surface area contributed by atoms with Gasteiger partial charge in [-0.3, -0.25) is 10.0 Å². The van der Waals surface area contributed by atoms with Crippen LogP contribution >= 0.6 is 0 Å². The van der Waals surface area contributed by atoms with Crippen LogP contribution in [0, 0.1) is 0 Å². The first kappa shape index (κ1) is 27.9. The summed E-state index contributed by atoms with van der Waals surface area (Å²) in [5.74, 6) is 0.897. The van der Waals surface area contributed by atoms with Crippen LogP contribution in [0.15, 0.2) is 66.7 Å². The van der Waals surface area contributed by atoms with E-state index >= 15 is 0 Å². The predicted molar refractivity (Wildman–Crippen MR) is 145 cm³/mol. The van der Waals surface area contributed by atoms with Crippen LogP contribution < -0.4 is 20.3 Å². The largest absolute Gasteiger partial charge is 0.490 e. The summed E-state index contributed by atoms with van der Waals surface area (Å²) in [7, 11) is 0.